The van der Waals surface area contributed by atoms with Crippen molar-refractivity contribution in [3.63, 3.8) is 0 Å². The van der Waals surface area contributed by atoms with Crippen LogP contribution in [0.3, 0.4) is 0 Å². The number of thiocarbonyl (C=S) groups is 1. The van der Waals surface area contributed by atoms with Crippen molar-refractivity contribution in [1.29, 1.82) is 0 Å². The summed E-state index contributed by atoms with van der Waals surface area (Å²) in [7, 11) is 0. The van der Waals surface area contributed by atoms with E-state index in [2.05, 4.69) is 24.5 Å². The first-order chi connectivity index (χ1) is 14.5. The van der Waals surface area contributed by atoms with Crippen molar-refractivity contribution in [2.45, 2.75) is 27.2 Å². The fraction of sp³-hybridized carbons (Fsp3) is 0.391. The summed E-state index contributed by atoms with van der Waals surface area (Å²) < 4.78 is 16.6. The number of rotatable bonds is 11. The van der Waals surface area contributed by atoms with Crippen molar-refractivity contribution in [1.82, 2.24) is 5.32 Å². The maximum absolute atomic E-state index is 12.4. The molecular formula is C23H30N2O4S. The van der Waals surface area contributed by atoms with E-state index in [1.807, 2.05) is 31.2 Å². The number of hydrogen-bond acceptors (Lipinski definition) is 5. The topological polar surface area (TPSA) is 68.8 Å². The lowest BCUT2D eigenvalue weighted by molar-refractivity contribution is 0.0977. The van der Waals surface area contributed by atoms with Crippen molar-refractivity contribution in [2.75, 3.05) is 31.7 Å². The number of anilines is 1. The van der Waals surface area contributed by atoms with Crippen molar-refractivity contribution in [3.8, 4) is 11.5 Å². The smallest absolute Gasteiger partial charge is 0.257 e. The minimum atomic E-state index is -0.287. The second-order valence-corrected chi connectivity index (χ2v) is 7.45. The third-order valence-corrected chi connectivity index (χ3v) is 4.30. The number of benzene rings is 2. The first-order valence-corrected chi connectivity index (χ1v) is 10.5. The number of ether oxygens (including phenoxy) is 3. The van der Waals surface area contributed by atoms with Gasteiger partial charge < -0.3 is 19.5 Å². The Balaban J connectivity index is 1.82. The monoisotopic (exact) mass is 430 g/mol. The molecule has 0 heterocycles. The zero-order valence-electron chi connectivity index (χ0n) is 17.8. The van der Waals surface area contributed by atoms with Gasteiger partial charge in [0, 0.05) is 23.9 Å². The van der Waals surface area contributed by atoms with E-state index < -0.39 is 0 Å². The van der Waals surface area contributed by atoms with Gasteiger partial charge in [0.25, 0.3) is 5.91 Å². The molecule has 30 heavy (non-hydrogen) atoms. The molecule has 0 aliphatic carbocycles. The quantitative estimate of drug-likeness (QED) is 0.399. The predicted octanol–water partition coefficient (Wildman–Crippen LogP) is 4.65. The van der Waals surface area contributed by atoms with Crippen LogP contribution in [0.1, 0.15) is 37.6 Å². The van der Waals surface area contributed by atoms with E-state index in [1.54, 1.807) is 24.3 Å². The van der Waals surface area contributed by atoms with Crippen LogP contribution in [-0.2, 0) is 4.74 Å². The standard InChI is InChI=1S/C23H30N2O4S/c1-4-27-14-15-29-21-7-5-6-19(16-21)24-23(30)25-22(26)18-8-10-20(11-9-18)28-13-12-17(2)3/h5-11,16-17H,4,12-15H2,1-3H3,(H2,24,25,26,30). The molecular weight excluding hydrogens is 400 g/mol. The molecule has 7 heteroatoms. The molecule has 162 valence electrons. The van der Waals surface area contributed by atoms with Crippen molar-refractivity contribution in [3.05, 3.63) is 54.1 Å². The molecule has 2 N–H and O–H groups in total. The van der Waals surface area contributed by atoms with Crippen molar-refractivity contribution in [2.24, 2.45) is 5.92 Å². The van der Waals surface area contributed by atoms with Gasteiger partial charge >= 0.3 is 0 Å². The van der Waals surface area contributed by atoms with Gasteiger partial charge in [0.2, 0.25) is 0 Å². The van der Waals surface area contributed by atoms with E-state index in [0.29, 0.717) is 43.7 Å². The summed E-state index contributed by atoms with van der Waals surface area (Å²) in [5.41, 5.74) is 1.23. The number of carbonyl (C=O) groups excluding carboxylic acids is 1. The molecule has 0 atom stereocenters. The van der Waals surface area contributed by atoms with Crippen LogP contribution in [0, 0.1) is 5.92 Å². The molecule has 0 bridgehead atoms. The van der Waals surface area contributed by atoms with Gasteiger partial charge in [0.05, 0.1) is 13.2 Å². The van der Waals surface area contributed by atoms with E-state index in [0.717, 1.165) is 17.9 Å². The molecule has 0 saturated heterocycles. The molecule has 0 unspecified atom stereocenters. The zero-order valence-corrected chi connectivity index (χ0v) is 18.6. The predicted molar refractivity (Wildman–Crippen MR) is 124 cm³/mol. The van der Waals surface area contributed by atoms with Crippen LogP contribution in [0.25, 0.3) is 0 Å². The molecule has 0 radical (unpaired) electrons. The Labute approximate surface area is 183 Å². The fourth-order valence-electron chi connectivity index (χ4n) is 2.48. The van der Waals surface area contributed by atoms with Gasteiger partial charge in [-0.05, 0) is 67.9 Å². The summed E-state index contributed by atoms with van der Waals surface area (Å²) in [6.07, 6.45) is 0.987. The number of nitrogens with one attached hydrogen (secondary N) is 2. The Bertz CT molecular complexity index is 809. The highest BCUT2D eigenvalue weighted by atomic mass is 32.1. The number of amides is 1. The average molecular weight is 431 g/mol. The first kappa shape index (κ1) is 23.6. The van der Waals surface area contributed by atoms with Gasteiger partial charge in [-0.2, -0.15) is 0 Å². The van der Waals surface area contributed by atoms with E-state index in [1.165, 1.54) is 0 Å². The molecule has 0 aliphatic heterocycles. The highest BCUT2D eigenvalue weighted by Crippen LogP contribution is 2.17. The van der Waals surface area contributed by atoms with Gasteiger partial charge in [-0.15, -0.1) is 0 Å². The maximum Gasteiger partial charge on any atom is 0.257 e. The fourth-order valence-corrected chi connectivity index (χ4v) is 2.69. The lowest BCUT2D eigenvalue weighted by atomic mass is 10.1. The highest BCUT2D eigenvalue weighted by Gasteiger charge is 2.09. The molecule has 0 aliphatic rings. The van der Waals surface area contributed by atoms with Gasteiger partial charge in [-0.25, -0.2) is 0 Å². The van der Waals surface area contributed by atoms with Gasteiger partial charge in [0.1, 0.15) is 18.1 Å². The molecule has 2 aromatic rings. The molecule has 0 spiro atoms. The normalized spacial score (nSPS) is 10.5. The van der Waals surface area contributed by atoms with Crippen LogP contribution in [0.15, 0.2) is 48.5 Å². The number of hydrogen-bond donors (Lipinski definition) is 2. The lowest BCUT2D eigenvalue weighted by Crippen LogP contribution is -2.34. The SMILES string of the molecule is CCOCCOc1cccc(NC(=S)NC(=O)c2ccc(OCCC(C)C)cc2)c1. The van der Waals surface area contributed by atoms with Crippen LogP contribution < -0.4 is 20.1 Å². The summed E-state index contributed by atoms with van der Waals surface area (Å²) in [5, 5.41) is 5.89. The Morgan fingerprint density at radius 1 is 1.00 bits per heavy atom. The van der Waals surface area contributed by atoms with Crippen LogP contribution >= 0.6 is 12.2 Å². The second kappa shape index (κ2) is 12.8. The molecule has 6 nitrogen and oxygen atoms in total. The largest absolute Gasteiger partial charge is 0.494 e. The Hall–Kier alpha value is -2.64. The summed E-state index contributed by atoms with van der Waals surface area (Å²) in [6.45, 7) is 8.56. The Kier molecular flexibility index (Phi) is 10.1. The van der Waals surface area contributed by atoms with Crippen LogP contribution in [0.2, 0.25) is 0 Å². The van der Waals surface area contributed by atoms with Crippen LogP contribution in [-0.4, -0.2) is 37.4 Å². The summed E-state index contributed by atoms with van der Waals surface area (Å²) in [4.78, 5) is 12.4. The Morgan fingerprint density at radius 3 is 2.43 bits per heavy atom. The second-order valence-electron chi connectivity index (χ2n) is 7.04. The minimum Gasteiger partial charge on any atom is -0.494 e. The minimum absolute atomic E-state index is 0.212. The van der Waals surface area contributed by atoms with Crippen molar-refractivity contribution >= 4 is 28.9 Å². The van der Waals surface area contributed by atoms with E-state index >= 15 is 0 Å². The summed E-state index contributed by atoms with van der Waals surface area (Å²) in [5.74, 6) is 1.74. The lowest BCUT2D eigenvalue weighted by Gasteiger charge is -2.12. The molecule has 2 rings (SSSR count). The van der Waals surface area contributed by atoms with E-state index in [4.69, 9.17) is 26.4 Å². The molecule has 0 fully saturated rings. The average Bonchev–Trinajstić information content (AvgIpc) is 2.71. The van der Waals surface area contributed by atoms with Crippen LogP contribution in [0.5, 0.6) is 11.5 Å². The molecule has 2 aromatic carbocycles. The Morgan fingerprint density at radius 2 is 1.73 bits per heavy atom. The maximum atomic E-state index is 12.4. The van der Waals surface area contributed by atoms with Gasteiger partial charge in [-0.1, -0.05) is 19.9 Å². The summed E-state index contributed by atoms with van der Waals surface area (Å²) in [6, 6.07) is 14.4. The van der Waals surface area contributed by atoms with Gasteiger partial charge in [0.15, 0.2) is 5.11 Å². The van der Waals surface area contributed by atoms with Crippen molar-refractivity contribution < 1.29 is 19.0 Å². The van der Waals surface area contributed by atoms with E-state index in [-0.39, 0.29) is 11.0 Å². The summed E-state index contributed by atoms with van der Waals surface area (Å²) >= 11 is 5.26. The van der Waals surface area contributed by atoms with E-state index in [9.17, 15) is 4.79 Å². The molecule has 0 saturated carbocycles. The third kappa shape index (κ3) is 8.80. The van der Waals surface area contributed by atoms with Gasteiger partial charge in [-0.3, -0.25) is 10.1 Å². The first-order valence-electron chi connectivity index (χ1n) is 10.1. The van der Waals surface area contributed by atoms with Crippen LogP contribution in [0.4, 0.5) is 5.69 Å². The molecule has 1 amide bonds. The third-order valence-electron chi connectivity index (χ3n) is 4.10. The number of carbonyl (C=O) groups is 1. The zero-order chi connectivity index (χ0) is 21.8. The highest BCUT2D eigenvalue weighted by molar-refractivity contribution is 7.80. The molecule has 0 aromatic heterocycles.